The lowest BCUT2D eigenvalue weighted by Crippen LogP contribution is -2.35. The summed E-state index contributed by atoms with van der Waals surface area (Å²) < 4.78 is 4.67. The first kappa shape index (κ1) is 19.5. The van der Waals surface area contributed by atoms with Crippen molar-refractivity contribution in [2.45, 2.75) is 25.8 Å². The molecule has 0 N–H and O–H groups in total. The van der Waals surface area contributed by atoms with Crippen molar-refractivity contribution in [3.63, 3.8) is 0 Å². The third-order valence-corrected chi connectivity index (χ3v) is 5.32. The fraction of sp³-hybridized carbons (Fsp3) is 0.238. The van der Waals surface area contributed by atoms with Gasteiger partial charge in [0.15, 0.2) is 0 Å². The SMILES string of the molecule is COC(=O)C=Cc1cccc2c1N(Cc1ccc(Cl)cc1Cl)C(=O)C2(C)C. The molecule has 0 saturated carbocycles. The highest BCUT2D eigenvalue weighted by Gasteiger charge is 2.44. The molecule has 0 aliphatic carbocycles. The van der Waals surface area contributed by atoms with E-state index in [2.05, 4.69) is 4.74 Å². The molecule has 0 atom stereocenters. The zero-order valence-corrected chi connectivity index (χ0v) is 16.8. The Bertz CT molecular complexity index is 950. The van der Waals surface area contributed by atoms with Gasteiger partial charge in [-0.25, -0.2) is 4.79 Å². The first-order chi connectivity index (χ1) is 12.8. The Morgan fingerprint density at radius 3 is 2.63 bits per heavy atom. The lowest BCUT2D eigenvalue weighted by atomic mass is 9.85. The number of hydrogen-bond acceptors (Lipinski definition) is 3. The largest absolute Gasteiger partial charge is 0.466 e. The van der Waals surface area contributed by atoms with Crippen LogP contribution >= 0.6 is 23.2 Å². The minimum Gasteiger partial charge on any atom is -0.466 e. The number of methoxy groups -OCH3 is 1. The quantitative estimate of drug-likeness (QED) is 0.532. The monoisotopic (exact) mass is 403 g/mol. The number of halogens is 2. The molecule has 1 heterocycles. The number of carbonyl (C=O) groups is 2. The Kier molecular flexibility index (Phi) is 5.31. The van der Waals surface area contributed by atoms with Gasteiger partial charge in [0.25, 0.3) is 0 Å². The van der Waals surface area contributed by atoms with Gasteiger partial charge in [0.1, 0.15) is 0 Å². The van der Waals surface area contributed by atoms with Crippen molar-refractivity contribution in [2.24, 2.45) is 0 Å². The summed E-state index contributed by atoms with van der Waals surface area (Å²) in [6.07, 6.45) is 3.01. The van der Waals surface area contributed by atoms with Crippen LogP contribution in [-0.4, -0.2) is 19.0 Å². The van der Waals surface area contributed by atoms with E-state index in [-0.39, 0.29) is 5.91 Å². The van der Waals surface area contributed by atoms with Crippen LogP contribution < -0.4 is 4.90 Å². The lowest BCUT2D eigenvalue weighted by Gasteiger charge is -2.22. The number of ether oxygens (including phenoxy) is 1. The van der Waals surface area contributed by atoms with E-state index in [0.717, 1.165) is 22.4 Å². The van der Waals surface area contributed by atoms with Crippen molar-refractivity contribution in [3.05, 3.63) is 69.2 Å². The molecule has 27 heavy (non-hydrogen) atoms. The Balaban J connectivity index is 2.08. The number of amides is 1. The number of para-hydroxylation sites is 1. The smallest absolute Gasteiger partial charge is 0.330 e. The fourth-order valence-corrected chi connectivity index (χ4v) is 3.72. The number of esters is 1. The predicted molar refractivity (Wildman–Crippen MR) is 108 cm³/mol. The first-order valence-electron chi connectivity index (χ1n) is 8.41. The van der Waals surface area contributed by atoms with Gasteiger partial charge in [-0.3, -0.25) is 4.79 Å². The molecule has 1 amide bonds. The van der Waals surface area contributed by atoms with Crippen LogP contribution in [0.1, 0.15) is 30.5 Å². The fourth-order valence-electron chi connectivity index (χ4n) is 3.25. The van der Waals surface area contributed by atoms with Crippen LogP contribution in [0.4, 0.5) is 5.69 Å². The maximum atomic E-state index is 13.2. The van der Waals surface area contributed by atoms with Gasteiger partial charge in [-0.15, -0.1) is 0 Å². The predicted octanol–water partition coefficient (Wildman–Crippen LogP) is 5.00. The summed E-state index contributed by atoms with van der Waals surface area (Å²) in [6.45, 7) is 4.10. The zero-order chi connectivity index (χ0) is 19.8. The number of nitrogens with zero attached hydrogens (tertiary/aromatic N) is 1. The topological polar surface area (TPSA) is 46.6 Å². The van der Waals surface area contributed by atoms with Gasteiger partial charge in [-0.2, -0.15) is 0 Å². The Labute approximate surface area is 168 Å². The van der Waals surface area contributed by atoms with Crippen molar-refractivity contribution in [1.29, 1.82) is 0 Å². The standard InChI is InChI=1S/C21H19Cl2NO3/c1-21(2)16-6-4-5-13(8-10-18(25)27-3)19(16)24(20(21)26)12-14-7-9-15(22)11-17(14)23/h4-11H,12H2,1-3H3. The van der Waals surface area contributed by atoms with E-state index in [1.54, 1.807) is 23.1 Å². The second-order valence-corrected chi connectivity index (χ2v) is 7.70. The van der Waals surface area contributed by atoms with E-state index in [4.69, 9.17) is 23.2 Å². The van der Waals surface area contributed by atoms with Crippen LogP contribution in [0.2, 0.25) is 10.0 Å². The van der Waals surface area contributed by atoms with Crippen molar-refractivity contribution in [1.82, 2.24) is 0 Å². The zero-order valence-electron chi connectivity index (χ0n) is 15.3. The van der Waals surface area contributed by atoms with Gasteiger partial charge < -0.3 is 9.64 Å². The van der Waals surface area contributed by atoms with E-state index in [1.165, 1.54) is 13.2 Å². The van der Waals surface area contributed by atoms with E-state index >= 15 is 0 Å². The van der Waals surface area contributed by atoms with Crippen LogP contribution in [-0.2, 0) is 26.3 Å². The highest BCUT2D eigenvalue weighted by molar-refractivity contribution is 6.35. The van der Waals surface area contributed by atoms with Gasteiger partial charge in [-0.1, -0.05) is 47.5 Å². The molecule has 1 aliphatic rings. The molecule has 0 saturated heterocycles. The average Bonchev–Trinajstić information content (AvgIpc) is 2.83. The minimum absolute atomic E-state index is 0.0255. The molecule has 0 aromatic heterocycles. The number of hydrogen-bond donors (Lipinski definition) is 0. The van der Waals surface area contributed by atoms with Gasteiger partial charge >= 0.3 is 5.97 Å². The summed E-state index contributed by atoms with van der Waals surface area (Å²) in [4.78, 5) is 26.4. The van der Waals surface area contributed by atoms with Crippen LogP contribution in [0.3, 0.4) is 0 Å². The van der Waals surface area contributed by atoms with Crippen LogP contribution in [0.5, 0.6) is 0 Å². The normalized spacial score (nSPS) is 15.3. The highest BCUT2D eigenvalue weighted by atomic mass is 35.5. The molecule has 4 nitrogen and oxygen atoms in total. The third kappa shape index (κ3) is 3.60. The summed E-state index contributed by atoms with van der Waals surface area (Å²) in [5.41, 5.74) is 2.57. The van der Waals surface area contributed by atoms with Crippen LogP contribution in [0, 0.1) is 0 Å². The van der Waals surface area contributed by atoms with Crippen molar-refractivity contribution >= 4 is 46.8 Å². The van der Waals surface area contributed by atoms with Crippen molar-refractivity contribution in [3.8, 4) is 0 Å². The van der Waals surface area contributed by atoms with E-state index in [9.17, 15) is 9.59 Å². The van der Waals surface area contributed by atoms with E-state index in [0.29, 0.717) is 16.6 Å². The molecular weight excluding hydrogens is 385 g/mol. The Morgan fingerprint density at radius 2 is 1.96 bits per heavy atom. The first-order valence-corrected chi connectivity index (χ1v) is 9.16. The molecule has 1 aliphatic heterocycles. The molecule has 3 rings (SSSR count). The Hall–Kier alpha value is -2.30. The van der Waals surface area contributed by atoms with Crippen molar-refractivity contribution < 1.29 is 14.3 Å². The molecule has 0 spiro atoms. The van der Waals surface area contributed by atoms with Crippen molar-refractivity contribution in [2.75, 3.05) is 12.0 Å². The van der Waals surface area contributed by atoms with Crippen LogP contribution in [0.15, 0.2) is 42.5 Å². The van der Waals surface area contributed by atoms with Gasteiger partial charge in [0, 0.05) is 16.1 Å². The summed E-state index contributed by atoms with van der Waals surface area (Å²) in [5.74, 6) is -0.481. The lowest BCUT2D eigenvalue weighted by molar-refractivity contribution is -0.134. The van der Waals surface area contributed by atoms with Gasteiger partial charge in [0.2, 0.25) is 5.91 Å². The maximum Gasteiger partial charge on any atom is 0.330 e. The number of fused-ring (bicyclic) bond motifs is 1. The van der Waals surface area contributed by atoms with Gasteiger partial charge in [0.05, 0.1) is 24.8 Å². The Morgan fingerprint density at radius 1 is 1.22 bits per heavy atom. The average molecular weight is 404 g/mol. The highest BCUT2D eigenvalue weighted by Crippen LogP contribution is 2.45. The van der Waals surface area contributed by atoms with Gasteiger partial charge in [-0.05, 0) is 48.7 Å². The number of carbonyl (C=O) groups excluding carboxylic acids is 2. The molecule has 0 fully saturated rings. The van der Waals surface area contributed by atoms with E-state index in [1.807, 2.05) is 38.1 Å². The summed E-state index contributed by atoms with van der Waals surface area (Å²) in [7, 11) is 1.32. The third-order valence-electron chi connectivity index (χ3n) is 4.73. The molecule has 0 radical (unpaired) electrons. The molecule has 0 bridgehead atoms. The maximum absolute atomic E-state index is 13.2. The number of benzene rings is 2. The molecular formula is C21H19Cl2NO3. The summed E-state index contributed by atoms with van der Waals surface area (Å²) in [5, 5.41) is 1.04. The summed E-state index contributed by atoms with van der Waals surface area (Å²) >= 11 is 12.3. The number of rotatable bonds is 4. The molecule has 6 heteroatoms. The molecule has 2 aromatic carbocycles. The second-order valence-electron chi connectivity index (χ2n) is 6.85. The molecule has 2 aromatic rings. The van der Waals surface area contributed by atoms with E-state index < -0.39 is 11.4 Å². The number of anilines is 1. The molecule has 0 unspecified atom stereocenters. The minimum atomic E-state index is -0.677. The summed E-state index contributed by atoms with van der Waals surface area (Å²) in [6, 6.07) is 10.9. The van der Waals surface area contributed by atoms with Crippen LogP contribution in [0.25, 0.3) is 6.08 Å². The molecule has 140 valence electrons. The second kappa shape index (κ2) is 7.37.